The summed E-state index contributed by atoms with van der Waals surface area (Å²) in [6.45, 7) is 0. The van der Waals surface area contributed by atoms with E-state index in [0.29, 0.717) is 5.17 Å². The lowest BCUT2D eigenvalue weighted by Gasteiger charge is -2.03. The van der Waals surface area contributed by atoms with Gasteiger partial charge in [0.2, 0.25) is 5.91 Å². The molecule has 1 aliphatic rings. The zero-order valence-electron chi connectivity index (χ0n) is 11.4. The van der Waals surface area contributed by atoms with E-state index in [1.54, 1.807) is 12.1 Å². The number of rotatable bonds is 3. The predicted molar refractivity (Wildman–Crippen MR) is 86.3 cm³/mol. The van der Waals surface area contributed by atoms with Crippen molar-refractivity contribution in [2.75, 3.05) is 0 Å². The molecular weight excluding hydrogens is 301 g/mol. The third kappa shape index (κ3) is 3.40. The number of nitrogens with one attached hydrogen (secondary N) is 1. The van der Waals surface area contributed by atoms with Gasteiger partial charge in [-0.05, 0) is 23.3 Å². The molecule has 1 N–H and O–H groups in total. The summed E-state index contributed by atoms with van der Waals surface area (Å²) in [7, 11) is 0. The van der Waals surface area contributed by atoms with Crippen molar-refractivity contribution in [1.29, 1.82) is 0 Å². The number of nitrogens with zero attached hydrogens (tertiary/aromatic N) is 2. The number of benzene rings is 2. The highest BCUT2D eigenvalue weighted by Crippen LogP contribution is 2.34. The smallest absolute Gasteiger partial charge is 0.244 e. The Morgan fingerprint density at radius 1 is 1.09 bits per heavy atom. The largest absolute Gasteiger partial charge is 0.302 e. The van der Waals surface area contributed by atoms with E-state index in [2.05, 4.69) is 15.5 Å². The molecule has 1 atom stereocenters. The van der Waals surface area contributed by atoms with Crippen LogP contribution >= 0.6 is 11.8 Å². The van der Waals surface area contributed by atoms with Gasteiger partial charge in [-0.2, -0.15) is 5.10 Å². The fraction of sp³-hybridized carbons (Fsp3) is 0.0625. The molecule has 3 rings (SSSR count). The van der Waals surface area contributed by atoms with E-state index < -0.39 is 0 Å². The van der Waals surface area contributed by atoms with Gasteiger partial charge in [-0.1, -0.05) is 54.2 Å². The fourth-order valence-corrected chi connectivity index (χ4v) is 2.89. The summed E-state index contributed by atoms with van der Waals surface area (Å²) in [5.41, 5.74) is 1.66. The second kappa shape index (κ2) is 6.53. The number of amides is 1. The van der Waals surface area contributed by atoms with Gasteiger partial charge >= 0.3 is 0 Å². The molecule has 110 valence electrons. The van der Waals surface area contributed by atoms with Gasteiger partial charge in [0.15, 0.2) is 5.17 Å². The molecule has 1 heterocycles. The van der Waals surface area contributed by atoms with Crippen molar-refractivity contribution in [3.63, 3.8) is 0 Å². The highest BCUT2D eigenvalue weighted by Gasteiger charge is 2.31. The molecule has 0 saturated carbocycles. The van der Waals surface area contributed by atoms with Gasteiger partial charge in [0.05, 0.1) is 6.21 Å². The summed E-state index contributed by atoms with van der Waals surface area (Å²) in [5, 5.41) is 10.8. The molecule has 0 bridgehead atoms. The number of amidine groups is 1. The minimum atomic E-state index is -0.305. The molecule has 1 saturated heterocycles. The normalized spacial score (nSPS) is 19.8. The summed E-state index contributed by atoms with van der Waals surface area (Å²) in [6, 6.07) is 15.4. The standard InChI is InChI=1S/C16H12FN3OS/c17-13-8-6-11(7-9-13)10-18-20-16-19-15(21)14(22-16)12-4-2-1-3-5-12/h1-10,14H,(H,19,20,21)/b18-10-/t14-/m1/s1. The van der Waals surface area contributed by atoms with E-state index in [1.807, 2.05) is 30.3 Å². The van der Waals surface area contributed by atoms with Crippen molar-refractivity contribution >= 4 is 29.1 Å². The summed E-state index contributed by atoms with van der Waals surface area (Å²) in [4.78, 5) is 11.9. The molecular formula is C16H12FN3OS. The van der Waals surface area contributed by atoms with Crippen molar-refractivity contribution in [2.24, 2.45) is 10.2 Å². The Labute approximate surface area is 131 Å². The third-order valence-corrected chi connectivity index (χ3v) is 4.15. The van der Waals surface area contributed by atoms with Crippen LogP contribution in [0.1, 0.15) is 16.4 Å². The number of halogens is 1. The van der Waals surface area contributed by atoms with Crippen molar-refractivity contribution < 1.29 is 9.18 Å². The number of hydrogen-bond acceptors (Lipinski definition) is 4. The Bertz CT molecular complexity index is 729. The van der Waals surface area contributed by atoms with E-state index in [0.717, 1.165) is 11.1 Å². The fourth-order valence-electron chi connectivity index (χ4n) is 1.96. The average molecular weight is 313 g/mol. The van der Waals surface area contributed by atoms with Crippen LogP contribution in [0.25, 0.3) is 0 Å². The Kier molecular flexibility index (Phi) is 4.29. The van der Waals surface area contributed by atoms with Gasteiger partial charge in [0.25, 0.3) is 0 Å². The SMILES string of the molecule is O=C1N/C(=N\N=C/c2ccc(F)cc2)S[C@@H]1c1ccccc1. The van der Waals surface area contributed by atoms with Gasteiger partial charge in [-0.25, -0.2) is 4.39 Å². The maximum absolute atomic E-state index is 12.8. The molecule has 1 amide bonds. The maximum Gasteiger partial charge on any atom is 0.244 e. The van der Waals surface area contributed by atoms with E-state index in [1.165, 1.54) is 30.1 Å². The van der Waals surface area contributed by atoms with Gasteiger partial charge in [0, 0.05) is 0 Å². The Morgan fingerprint density at radius 2 is 1.82 bits per heavy atom. The lowest BCUT2D eigenvalue weighted by atomic mass is 10.1. The van der Waals surface area contributed by atoms with Crippen LogP contribution in [-0.4, -0.2) is 17.3 Å². The van der Waals surface area contributed by atoms with E-state index >= 15 is 0 Å². The number of thioether (sulfide) groups is 1. The molecule has 0 aromatic heterocycles. The first-order valence-electron chi connectivity index (χ1n) is 6.61. The summed E-state index contributed by atoms with van der Waals surface area (Å²) in [5.74, 6) is -0.403. The molecule has 22 heavy (non-hydrogen) atoms. The quantitative estimate of drug-likeness (QED) is 0.699. The Morgan fingerprint density at radius 3 is 2.55 bits per heavy atom. The zero-order chi connectivity index (χ0) is 15.4. The van der Waals surface area contributed by atoms with Crippen molar-refractivity contribution in [2.45, 2.75) is 5.25 Å². The Hall–Kier alpha value is -2.47. The summed E-state index contributed by atoms with van der Waals surface area (Å²) in [6.07, 6.45) is 1.51. The van der Waals surface area contributed by atoms with Gasteiger partial charge < -0.3 is 5.32 Å². The highest BCUT2D eigenvalue weighted by molar-refractivity contribution is 8.15. The monoisotopic (exact) mass is 313 g/mol. The second-order valence-electron chi connectivity index (χ2n) is 4.60. The van der Waals surface area contributed by atoms with Gasteiger partial charge in [-0.3, -0.25) is 4.79 Å². The van der Waals surface area contributed by atoms with Crippen LogP contribution < -0.4 is 5.32 Å². The van der Waals surface area contributed by atoms with E-state index in [9.17, 15) is 9.18 Å². The minimum absolute atomic E-state index is 0.105. The lowest BCUT2D eigenvalue weighted by Crippen LogP contribution is -2.21. The topological polar surface area (TPSA) is 53.8 Å². The van der Waals surface area contributed by atoms with Crippen LogP contribution in [-0.2, 0) is 4.79 Å². The first kappa shape index (κ1) is 14.5. The summed E-state index contributed by atoms with van der Waals surface area (Å²) < 4.78 is 12.8. The second-order valence-corrected chi connectivity index (χ2v) is 5.69. The molecule has 0 radical (unpaired) electrons. The molecule has 1 aliphatic heterocycles. The minimum Gasteiger partial charge on any atom is -0.302 e. The van der Waals surface area contributed by atoms with Gasteiger partial charge in [0.1, 0.15) is 11.1 Å². The van der Waals surface area contributed by atoms with Crippen LogP contribution in [0.2, 0.25) is 0 Å². The number of hydrogen-bond donors (Lipinski definition) is 1. The van der Waals surface area contributed by atoms with E-state index in [4.69, 9.17) is 0 Å². The van der Waals surface area contributed by atoms with Gasteiger partial charge in [-0.15, -0.1) is 5.10 Å². The molecule has 2 aromatic rings. The average Bonchev–Trinajstić information content (AvgIpc) is 2.91. The predicted octanol–water partition coefficient (Wildman–Crippen LogP) is 3.12. The molecule has 4 nitrogen and oxygen atoms in total. The molecule has 2 aromatic carbocycles. The van der Waals surface area contributed by atoms with Crippen molar-refractivity contribution in [3.8, 4) is 0 Å². The first-order chi connectivity index (χ1) is 10.7. The van der Waals surface area contributed by atoms with Crippen LogP contribution in [0, 0.1) is 5.82 Å². The third-order valence-electron chi connectivity index (χ3n) is 3.03. The first-order valence-corrected chi connectivity index (χ1v) is 7.49. The van der Waals surface area contributed by atoms with Crippen molar-refractivity contribution in [3.05, 3.63) is 71.5 Å². The van der Waals surface area contributed by atoms with Crippen LogP contribution in [0.15, 0.2) is 64.8 Å². The molecule has 0 aliphatic carbocycles. The number of carbonyl (C=O) groups excluding carboxylic acids is 1. The van der Waals surface area contributed by atoms with Crippen LogP contribution in [0.3, 0.4) is 0 Å². The summed E-state index contributed by atoms with van der Waals surface area (Å²) >= 11 is 1.33. The van der Waals surface area contributed by atoms with Crippen molar-refractivity contribution in [1.82, 2.24) is 5.32 Å². The number of carbonyl (C=O) groups is 1. The maximum atomic E-state index is 12.8. The molecule has 1 fully saturated rings. The van der Waals surface area contributed by atoms with Crippen LogP contribution in [0.5, 0.6) is 0 Å². The lowest BCUT2D eigenvalue weighted by molar-refractivity contribution is -0.118. The Balaban J connectivity index is 1.69. The molecule has 6 heteroatoms. The molecule has 0 spiro atoms. The van der Waals surface area contributed by atoms with Crippen LogP contribution in [0.4, 0.5) is 4.39 Å². The highest BCUT2D eigenvalue weighted by atomic mass is 32.2. The molecule has 0 unspecified atom stereocenters. The zero-order valence-corrected chi connectivity index (χ0v) is 12.3. The van der Waals surface area contributed by atoms with E-state index in [-0.39, 0.29) is 17.0 Å².